The van der Waals surface area contributed by atoms with Crippen molar-refractivity contribution < 1.29 is 9.53 Å². The molecule has 0 aliphatic heterocycles. The van der Waals surface area contributed by atoms with E-state index in [9.17, 15) is 4.79 Å². The van der Waals surface area contributed by atoms with Gasteiger partial charge in [0, 0.05) is 6.42 Å². The largest absolute Gasteiger partial charge is 0.466 e. The fraction of sp³-hybridized carbons (Fsp3) is 0.970. The molecule has 3 heteroatoms. The van der Waals surface area contributed by atoms with E-state index in [0.717, 1.165) is 12.8 Å². The molecule has 0 saturated heterocycles. The Bertz CT molecular complexity index is 399. The SMILES string of the molecule is CCCCCCCCCCCCCCCCCC(=O)OCCCCCCCCCCCCCCC.N. The molecule has 0 spiro atoms. The standard InChI is InChI=1S/C33H66O2.H3N/c1-3-5-7-9-11-13-15-17-18-19-21-23-25-27-29-31-33(34)35-32-30-28-26-24-22-20-16-14-12-10-8-6-4-2;/h3-32H2,1-2H3;1H3. The van der Waals surface area contributed by atoms with Gasteiger partial charge in [0.2, 0.25) is 0 Å². The molecule has 0 unspecified atom stereocenters. The summed E-state index contributed by atoms with van der Waals surface area (Å²) < 4.78 is 5.42. The molecule has 0 aromatic heterocycles. The summed E-state index contributed by atoms with van der Waals surface area (Å²) in [6.45, 7) is 5.21. The summed E-state index contributed by atoms with van der Waals surface area (Å²) in [5.74, 6) is 0.0265. The van der Waals surface area contributed by atoms with Gasteiger partial charge in [-0.25, -0.2) is 0 Å². The topological polar surface area (TPSA) is 61.3 Å². The predicted molar refractivity (Wildman–Crippen MR) is 161 cm³/mol. The second-order valence-electron chi connectivity index (χ2n) is 11.2. The van der Waals surface area contributed by atoms with Crippen LogP contribution in [0.15, 0.2) is 0 Å². The number of hydrogen-bond donors (Lipinski definition) is 1. The van der Waals surface area contributed by atoms with Gasteiger partial charge in [-0.15, -0.1) is 0 Å². The lowest BCUT2D eigenvalue weighted by atomic mass is 10.0. The van der Waals surface area contributed by atoms with Gasteiger partial charge in [-0.3, -0.25) is 4.79 Å². The van der Waals surface area contributed by atoms with Gasteiger partial charge >= 0.3 is 5.97 Å². The fourth-order valence-electron chi connectivity index (χ4n) is 5.02. The third-order valence-electron chi connectivity index (χ3n) is 7.50. The summed E-state index contributed by atoms with van der Waals surface area (Å²) in [6, 6.07) is 0. The molecule has 0 amide bonds. The summed E-state index contributed by atoms with van der Waals surface area (Å²) in [7, 11) is 0. The van der Waals surface area contributed by atoms with Crippen molar-refractivity contribution in [3.8, 4) is 0 Å². The molecule has 0 bridgehead atoms. The summed E-state index contributed by atoms with van der Waals surface area (Å²) in [5, 5.41) is 0. The average molecular weight is 512 g/mol. The zero-order chi connectivity index (χ0) is 25.5. The molecule has 0 aromatic carbocycles. The van der Waals surface area contributed by atoms with E-state index in [-0.39, 0.29) is 12.1 Å². The van der Waals surface area contributed by atoms with Gasteiger partial charge in [0.15, 0.2) is 0 Å². The zero-order valence-electron chi connectivity index (χ0n) is 25.2. The summed E-state index contributed by atoms with van der Waals surface area (Å²) >= 11 is 0. The van der Waals surface area contributed by atoms with E-state index >= 15 is 0 Å². The van der Waals surface area contributed by atoms with Crippen LogP contribution in [-0.2, 0) is 9.53 Å². The van der Waals surface area contributed by atoms with Crippen molar-refractivity contribution in [2.45, 2.75) is 200 Å². The molecule has 0 radical (unpaired) electrons. The van der Waals surface area contributed by atoms with Crippen LogP contribution in [0.1, 0.15) is 200 Å². The smallest absolute Gasteiger partial charge is 0.305 e. The number of unbranched alkanes of at least 4 members (excludes halogenated alkanes) is 26. The monoisotopic (exact) mass is 512 g/mol. The summed E-state index contributed by atoms with van der Waals surface area (Å²) in [4.78, 5) is 11.9. The average Bonchev–Trinajstić information content (AvgIpc) is 2.86. The van der Waals surface area contributed by atoms with E-state index in [1.807, 2.05) is 0 Å². The lowest BCUT2D eigenvalue weighted by Gasteiger charge is -2.06. The van der Waals surface area contributed by atoms with Crippen molar-refractivity contribution in [2.75, 3.05) is 6.61 Å². The molecule has 3 N–H and O–H groups in total. The molecule has 0 aromatic rings. The summed E-state index contributed by atoms with van der Waals surface area (Å²) in [5.41, 5.74) is 0. The molecule has 0 aliphatic rings. The van der Waals surface area contributed by atoms with Crippen LogP contribution < -0.4 is 6.15 Å². The molecular weight excluding hydrogens is 442 g/mol. The highest BCUT2D eigenvalue weighted by molar-refractivity contribution is 5.69. The third-order valence-corrected chi connectivity index (χ3v) is 7.50. The molecule has 36 heavy (non-hydrogen) atoms. The minimum absolute atomic E-state index is 0. The van der Waals surface area contributed by atoms with E-state index < -0.39 is 0 Å². The molecule has 0 saturated carbocycles. The Labute approximate surface area is 228 Å². The van der Waals surface area contributed by atoms with Gasteiger partial charge in [-0.1, -0.05) is 181 Å². The Morgan fingerprint density at radius 2 is 0.639 bits per heavy atom. The van der Waals surface area contributed by atoms with Crippen molar-refractivity contribution in [1.29, 1.82) is 0 Å². The van der Waals surface area contributed by atoms with Crippen LogP contribution in [0.2, 0.25) is 0 Å². The van der Waals surface area contributed by atoms with Gasteiger partial charge in [-0.2, -0.15) is 0 Å². The van der Waals surface area contributed by atoms with Crippen molar-refractivity contribution in [1.82, 2.24) is 6.15 Å². The van der Waals surface area contributed by atoms with E-state index in [2.05, 4.69) is 13.8 Å². The molecule has 0 heterocycles. The number of ether oxygens (including phenoxy) is 1. The lowest BCUT2D eigenvalue weighted by Crippen LogP contribution is -2.05. The lowest BCUT2D eigenvalue weighted by molar-refractivity contribution is -0.143. The first-order valence-electron chi connectivity index (χ1n) is 16.5. The van der Waals surface area contributed by atoms with Crippen LogP contribution >= 0.6 is 0 Å². The number of carbonyl (C=O) groups excluding carboxylic acids is 1. The first-order valence-corrected chi connectivity index (χ1v) is 16.5. The molecular formula is C33H69NO2. The minimum Gasteiger partial charge on any atom is -0.466 e. The van der Waals surface area contributed by atoms with Crippen LogP contribution in [0.25, 0.3) is 0 Å². The van der Waals surface area contributed by atoms with Crippen molar-refractivity contribution in [2.24, 2.45) is 0 Å². The summed E-state index contributed by atoms with van der Waals surface area (Å²) in [6.07, 6.45) is 38.6. The predicted octanol–water partition coefficient (Wildman–Crippen LogP) is 12.0. The molecule has 218 valence electrons. The maximum atomic E-state index is 11.9. The first-order chi connectivity index (χ1) is 17.3. The molecule has 0 atom stereocenters. The van der Waals surface area contributed by atoms with E-state index in [1.165, 1.54) is 167 Å². The van der Waals surface area contributed by atoms with Crippen molar-refractivity contribution in [3.05, 3.63) is 0 Å². The molecule has 0 aliphatic carbocycles. The Balaban J connectivity index is 0. The van der Waals surface area contributed by atoms with E-state index in [4.69, 9.17) is 4.74 Å². The van der Waals surface area contributed by atoms with E-state index in [1.54, 1.807) is 0 Å². The zero-order valence-corrected chi connectivity index (χ0v) is 25.2. The normalized spacial score (nSPS) is 10.9. The van der Waals surface area contributed by atoms with Crippen LogP contribution in [-0.4, -0.2) is 12.6 Å². The van der Waals surface area contributed by atoms with Crippen LogP contribution in [0.5, 0.6) is 0 Å². The Morgan fingerprint density at radius 3 is 0.944 bits per heavy atom. The highest BCUT2D eigenvalue weighted by atomic mass is 16.5. The Morgan fingerprint density at radius 1 is 0.389 bits per heavy atom. The number of rotatable bonds is 30. The van der Waals surface area contributed by atoms with Gasteiger partial charge in [0.25, 0.3) is 0 Å². The van der Waals surface area contributed by atoms with Crippen LogP contribution in [0.4, 0.5) is 0 Å². The maximum Gasteiger partial charge on any atom is 0.305 e. The third kappa shape index (κ3) is 33.4. The minimum atomic E-state index is 0. The quantitative estimate of drug-likeness (QED) is 0.0770. The maximum absolute atomic E-state index is 11.9. The van der Waals surface area contributed by atoms with Crippen LogP contribution in [0, 0.1) is 0 Å². The Hall–Kier alpha value is -0.570. The van der Waals surface area contributed by atoms with Gasteiger partial charge in [0.1, 0.15) is 0 Å². The second-order valence-corrected chi connectivity index (χ2v) is 11.2. The number of esters is 1. The highest BCUT2D eigenvalue weighted by Crippen LogP contribution is 2.15. The van der Waals surface area contributed by atoms with Crippen molar-refractivity contribution >= 4 is 5.97 Å². The Kier molecular flexibility index (Phi) is 35.9. The number of carbonyl (C=O) groups is 1. The van der Waals surface area contributed by atoms with Gasteiger partial charge in [-0.05, 0) is 12.8 Å². The second kappa shape index (κ2) is 34.4. The van der Waals surface area contributed by atoms with Crippen molar-refractivity contribution in [3.63, 3.8) is 0 Å². The molecule has 3 nitrogen and oxygen atoms in total. The van der Waals surface area contributed by atoms with Gasteiger partial charge < -0.3 is 10.9 Å². The molecule has 0 rings (SSSR count). The molecule has 0 fully saturated rings. The van der Waals surface area contributed by atoms with Crippen LogP contribution in [0.3, 0.4) is 0 Å². The van der Waals surface area contributed by atoms with Gasteiger partial charge in [0.05, 0.1) is 6.61 Å². The fourth-order valence-corrected chi connectivity index (χ4v) is 5.02. The highest BCUT2D eigenvalue weighted by Gasteiger charge is 2.02. The van der Waals surface area contributed by atoms with E-state index in [0.29, 0.717) is 13.0 Å². The number of hydrogen-bond acceptors (Lipinski definition) is 3. The first kappa shape index (κ1) is 37.6.